The Morgan fingerprint density at radius 2 is 0.567 bits per heavy atom. The van der Waals surface area contributed by atoms with Crippen LogP contribution in [0.2, 0.25) is 0 Å². The number of ether oxygens (including phenoxy) is 3. The van der Waals surface area contributed by atoms with Crippen LogP contribution in [0.1, 0.15) is 284 Å². The van der Waals surface area contributed by atoms with Crippen molar-refractivity contribution in [3.8, 4) is 0 Å². The van der Waals surface area contributed by atoms with Gasteiger partial charge in [-0.25, -0.2) is 0 Å². The third-order valence-electron chi connectivity index (χ3n) is 11.7. The summed E-state index contributed by atoms with van der Waals surface area (Å²) in [5, 5.41) is 0. The van der Waals surface area contributed by atoms with Gasteiger partial charge in [0.05, 0.1) is 0 Å². The summed E-state index contributed by atoms with van der Waals surface area (Å²) in [5.41, 5.74) is 0. The molecule has 1 unspecified atom stereocenters. The molecule has 0 N–H and O–H groups in total. The maximum Gasteiger partial charge on any atom is 0.306 e. The quantitative estimate of drug-likeness (QED) is 0.0263. The molecule has 0 saturated heterocycles. The monoisotopic (exact) mass is 845 g/mol. The molecule has 352 valence electrons. The van der Waals surface area contributed by atoms with E-state index in [4.69, 9.17) is 14.2 Å². The fourth-order valence-corrected chi connectivity index (χ4v) is 7.65. The van der Waals surface area contributed by atoms with Crippen LogP contribution in [0.5, 0.6) is 0 Å². The van der Waals surface area contributed by atoms with Crippen molar-refractivity contribution in [2.45, 2.75) is 290 Å². The van der Waals surface area contributed by atoms with Gasteiger partial charge >= 0.3 is 17.9 Å². The molecule has 0 rings (SSSR count). The van der Waals surface area contributed by atoms with Crippen LogP contribution in [0, 0.1) is 0 Å². The number of hydrogen-bond acceptors (Lipinski definition) is 6. The van der Waals surface area contributed by atoms with Gasteiger partial charge in [-0.15, -0.1) is 0 Å². The SMILES string of the molecule is CCCC/C=C\CCCCCCCC(=O)OCC(COC(=O)CCCCCCCCCCCCCCCCCCCCC)OC(=O)CCCCCCC/C=C\CCCCC. The fourth-order valence-electron chi connectivity index (χ4n) is 7.65. The summed E-state index contributed by atoms with van der Waals surface area (Å²) >= 11 is 0. The second-order valence-corrected chi connectivity index (χ2v) is 17.8. The molecule has 0 radical (unpaired) electrons. The van der Waals surface area contributed by atoms with Crippen LogP contribution in [0.3, 0.4) is 0 Å². The lowest BCUT2D eigenvalue weighted by atomic mass is 10.0. The van der Waals surface area contributed by atoms with Crippen molar-refractivity contribution < 1.29 is 28.6 Å². The van der Waals surface area contributed by atoms with Crippen molar-refractivity contribution in [3.05, 3.63) is 24.3 Å². The molecule has 0 aliphatic heterocycles. The van der Waals surface area contributed by atoms with Gasteiger partial charge in [0.2, 0.25) is 0 Å². The van der Waals surface area contributed by atoms with Crippen LogP contribution in [-0.4, -0.2) is 37.2 Å². The highest BCUT2D eigenvalue weighted by Crippen LogP contribution is 2.16. The first-order valence-electron chi connectivity index (χ1n) is 26.3. The first-order chi connectivity index (χ1) is 29.5. The molecular formula is C54H100O6. The number of carbonyl (C=O) groups is 3. The lowest BCUT2D eigenvalue weighted by molar-refractivity contribution is -0.167. The summed E-state index contributed by atoms with van der Waals surface area (Å²) in [4.78, 5) is 37.9. The molecule has 0 aliphatic carbocycles. The molecule has 0 aromatic carbocycles. The van der Waals surface area contributed by atoms with Crippen LogP contribution in [-0.2, 0) is 28.6 Å². The van der Waals surface area contributed by atoms with Gasteiger partial charge in [0.15, 0.2) is 6.10 Å². The van der Waals surface area contributed by atoms with Crippen LogP contribution >= 0.6 is 0 Å². The normalized spacial score (nSPS) is 12.1. The Morgan fingerprint density at radius 1 is 0.317 bits per heavy atom. The van der Waals surface area contributed by atoms with E-state index in [9.17, 15) is 14.4 Å². The Hall–Kier alpha value is -2.11. The first kappa shape index (κ1) is 57.9. The number of unbranched alkanes of at least 4 members (excludes halogenated alkanes) is 33. The maximum atomic E-state index is 12.8. The van der Waals surface area contributed by atoms with Gasteiger partial charge in [-0.1, -0.05) is 225 Å². The highest BCUT2D eigenvalue weighted by atomic mass is 16.6. The summed E-state index contributed by atoms with van der Waals surface area (Å²) in [6.45, 7) is 6.59. The van der Waals surface area contributed by atoms with Gasteiger partial charge in [-0.3, -0.25) is 14.4 Å². The molecule has 6 heteroatoms. The molecule has 0 saturated carbocycles. The Kier molecular flexibility index (Phi) is 47.8. The van der Waals surface area contributed by atoms with E-state index in [-0.39, 0.29) is 31.1 Å². The second-order valence-electron chi connectivity index (χ2n) is 17.8. The molecule has 0 aromatic heterocycles. The Morgan fingerprint density at radius 3 is 0.917 bits per heavy atom. The van der Waals surface area contributed by atoms with E-state index in [0.717, 1.165) is 70.6 Å². The standard InChI is InChI=1S/C54H100O6/c1-4-7-10-13-16-19-22-24-25-26-27-28-29-30-33-35-38-41-44-47-53(56)59-50-51(49-58-52(55)46-43-40-37-34-31-21-18-15-12-9-6-3)60-54(57)48-45-42-39-36-32-23-20-17-14-11-8-5-2/h15,17-18,20,51H,4-14,16,19,21-50H2,1-3H3/b18-15-,20-17-. The molecule has 1 atom stereocenters. The number of hydrogen-bond donors (Lipinski definition) is 0. The summed E-state index contributed by atoms with van der Waals surface area (Å²) in [6, 6.07) is 0. The fraction of sp³-hybridized carbons (Fsp3) is 0.870. The lowest BCUT2D eigenvalue weighted by Gasteiger charge is -2.18. The smallest absolute Gasteiger partial charge is 0.306 e. The summed E-state index contributed by atoms with van der Waals surface area (Å²) in [5.74, 6) is -0.881. The third-order valence-corrected chi connectivity index (χ3v) is 11.7. The van der Waals surface area contributed by atoms with Crippen LogP contribution < -0.4 is 0 Å². The first-order valence-corrected chi connectivity index (χ1v) is 26.3. The van der Waals surface area contributed by atoms with Gasteiger partial charge in [0.25, 0.3) is 0 Å². The summed E-state index contributed by atoms with van der Waals surface area (Å²) < 4.78 is 16.8. The zero-order valence-corrected chi connectivity index (χ0v) is 40.2. The molecule has 0 heterocycles. The molecule has 0 bridgehead atoms. The number of esters is 3. The van der Waals surface area contributed by atoms with Gasteiger partial charge in [-0.05, 0) is 64.2 Å². The third kappa shape index (κ3) is 46.9. The average molecular weight is 845 g/mol. The van der Waals surface area contributed by atoms with E-state index in [0.29, 0.717) is 19.3 Å². The highest BCUT2D eigenvalue weighted by molar-refractivity contribution is 5.71. The predicted molar refractivity (Wildman–Crippen MR) is 256 cm³/mol. The van der Waals surface area contributed by atoms with Gasteiger partial charge in [0.1, 0.15) is 13.2 Å². The molecule has 6 nitrogen and oxygen atoms in total. The molecule has 0 aromatic rings. The molecule has 0 fully saturated rings. The highest BCUT2D eigenvalue weighted by Gasteiger charge is 2.19. The largest absolute Gasteiger partial charge is 0.462 e. The van der Waals surface area contributed by atoms with Crippen molar-refractivity contribution >= 4 is 17.9 Å². The van der Waals surface area contributed by atoms with Crippen LogP contribution in [0.25, 0.3) is 0 Å². The molecule has 0 amide bonds. The number of allylic oxidation sites excluding steroid dienone is 4. The van der Waals surface area contributed by atoms with Gasteiger partial charge in [0, 0.05) is 19.3 Å². The van der Waals surface area contributed by atoms with E-state index in [1.807, 2.05) is 0 Å². The Balaban J connectivity index is 4.27. The van der Waals surface area contributed by atoms with Gasteiger partial charge in [-0.2, -0.15) is 0 Å². The van der Waals surface area contributed by atoms with Crippen LogP contribution in [0.4, 0.5) is 0 Å². The van der Waals surface area contributed by atoms with E-state index in [2.05, 4.69) is 45.1 Å². The molecule has 0 spiro atoms. The van der Waals surface area contributed by atoms with Crippen molar-refractivity contribution in [2.24, 2.45) is 0 Å². The summed E-state index contributed by atoms with van der Waals surface area (Å²) in [7, 11) is 0. The minimum atomic E-state index is -0.773. The Bertz CT molecular complexity index is 973. The topological polar surface area (TPSA) is 78.9 Å². The van der Waals surface area contributed by atoms with E-state index in [1.165, 1.54) is 173 Å². The number of carbonyl (C=O) groups excluding carboxylic acids is 3. The minimum Gasteiger partial charge on any atom is -0.462 e. The average Bonchev–Trinajstić information content (AvgIpc) is 3.24. The van der Waals surface area contributed by atoms with E-state index >= 15 is 0 Å². The zero-order valence-electron chi connectivity index (χ0n) is 40.2. The second kappa shape index (κ2) is 49.5. The van der Waals surface area contributed by atoms with Crippen molar-refractivity contribution in [1.29, 1.82) is 0 Å². The summed E-state index contributed by atoms with van der Waals surface area (Å²) in [6.07, 6.45) is 56.0. The van der Waals surface area contributed by atoms with Crippen LogP contribution in [0.15, 0.2) is 24.3 Å². The maximum absolute atomic E-state index is 12.8. The van der Waals surface area contributed by atoms with E-state index in [1.54, 1.807) is 0 Å². The van der Waals surface area contributed by atoms with E-state index < -0.39 is 6.10 Å². The molecule has 0 aliphatic rings. The zero-order chi connectivity index (χ0) is 43.7. The number of rotatable bonds is 48. The van der Waals surface area contributed by atoms with Gasteiger partial charge < -0.3 is 14.2 Å². The predicted octanol–water partition coefficient (Wildman–Crippen LogP) is 17.2. The molecule has 60 heavy (non-hydrogen) atoms. The minimum absolute atomic E-state index is 0.0736. The Labute approximate surface area is 373 Å². The van der Waals surface area contributed by atoms with Crippen molar-refractivity contribution in [2.75, 3.05) is 13.2 Å². The molecular weight excluding hydrogens is 745 g/mol. The van der Waals surface area contributed by atoms with Crippen molar-refractivity contribution in [1.82, 2.24) is 0 Å². The lowest BCUT2D eigenvalue weighted by Crippen LogP contribution is -2.30. The van der Waals surface area contributed by atoms with Crippen molar-refractivity contribution in [3.63, 3.8) is 0 Å².